The smallest absolute Gasteiger partial charge is 0.222 e. The van der Waals surface area contributed by atoms with Gasteiger partial charge in [0.1, 0.15) is 0 Å². The van der Waals surface area contributed by atoms with E-state index in [2.05, 4.69) is 19.2 Å². The van der Waals surface area contributed by atoms with Crippen molar-refractivity contribution in [2.75, 3.05) is 20.2 Å². The Balaban J connectivity index is 2.38. The predicted molar refractivity (Wildman–Crippen MR) is 73.2 cm³/mol. The van der Waals surface area contributed by atoms with Gasteiger partial charge in [0.15, 0.2) is 0 Å². The summed E-state index contributed by atoms with van der Waals surface area (Å²) in [5, 5.41) is 2.61. The highest BCUT2D eigenvalue weighted by Gasteiger charge is 2.35. The molecule has 0 spiro atoms. The molecule has 0 atom stereocenters. The van der Waals surface area contributed by atoms with Crippen molar-refractivity contribution in [1.29, 1.82) is 0 Å². The Morgan fingerprint density at radius 3 is 2.50 bits per heavy atom. The lowest BCUT2D eigenvalue weighted by molar-refractivity contribution is -0.125. The number of carbonyl (C=O) groups is 1. The van der Waals surface area contributed by atoms with Crippen LogP contribution >= 0.6 is 0 Å². The van der Waals surface area contributed by atoms with Gasteiger partial charge in [-0.25, -0.2) is 0 Å². The van der Waals surface area contributed by atoms with Crippen molar-refractivity contribution in [3.05, 3.63) is 0 Å². The zero-order valence-corrected chi connectivity index (χ0v) is 12.0. The van der Waals surface area contributed by atoms with E-state index in [-0.39, 0.29) is 11.5 Å². The molecule has 18 heavy (non-hydrogen) atoms. The molecule has 106 valence electrons. The molecule has 1 rings (SSSR count). The van der Waals surface area contributed by atoms with Crippen molar-refractivity contribution >= 4 is 5.91 Å². The van der Waals surface area contributed by atoms with Gasteiger partial charge < -0.3 is 15.8 Å². The van der Waals surface area contributed by atoms with Gasteiger partial charge in [-0.3, -0.25) is 4.79 Å². The Kier molecular flexibility index (Phi) is 6.09. The van der Waals surface area contributed by atoms with E-state index >= 15 is 0 Å². The molecule has 0 bridgehead atoms. The lowest BCUT2D eigenvalue weighted by atomic mass is 9.74. The first kappa shape index (κ1) is 15.4. The molecule has 3 N–H and O–H groups in total. The number of hydrogen-bond donors (Lipinski definition) is 2. The van der Waals surface area contributed by atoms with Gasteiger partial charge in [0.05, 0.1) is 12.2 Å². The van der Waals surface area contributed by atoms with Crippen molar-refractivity contribution < 1.29 is 9.53 Å². The molecule has 0 heterocycles. The molecule has 0 saturated heterocycles. The number of rotatable bonds is 6. The number of nitrogens with two attached hydrogens (primary N) is 1. The number of nitrogens with one attached hydrogen (secondary N) is 1. The van der Waals surface area contributed by atoms with Crippen molar-refractivity contribution in [3.8, 4) is 0 Å². The zero-order valence-electron chi connectivity index (χ0n) is 12.0. The van der Waals surface area contributed by atoms with E-state index in [0.29, 0.717) is 19.6 Å². The molecule has 1 fully saturated rings. The van der Waals surface area contributed by atoms with Crippen LogP contribution in [0, 0.1) is 11.8 Å². The van der Waals surface area contributed by atoms with Crippen molar-refractivity contribution in [3.63, 3.8) is 0 Å². The van der Waals surface area contributed by atoms with Gasteiger partial charge in [0.25, 0.3) is 0 Å². The lowest BCUT2D eigenvalue weighted by Crippen LogP contribution is -2.45. The summed E-state index contributed by atoms with van der Waals surface area (Å²) in [4.78, 5) is 11.2. The van der Waals surface area contributed by atoms with Crippen LogP contribution in [0.5, 0.6) is 0 Å². The summed E-state index contributed by atoms with van der Waals surface area (Å²) in [5.41, 5.74) is 5.70. The van der Waals surface area contributed by atoms with E-state index < -0.39 is 0 Å². The summed E-state index contributed by atoms with van der Waals surface area (Å²) in [7, 11) is 1.65. The first-order valence-corrected chi connectivity index (χ1v) is 7.07. The molecule has 4 heteroatoms. The maximum absolute atomic E-state index is 11.2. The van der Waals surface area contributed by atoms with E-state index in [4.69, 9.17) is 10.5 Å². The standard InChI is InChI=1S/C14H28N2O2/c1-11(2)12-4-7-14(10-15,8-5-12)18-9-6-13(17)16-3/h11-12H,4-10,15H2,1-3H3,(H,16,17). The predicted octanol–water partition coefficient (Wildman–Crippen LogP) is 1.68. The molecular weight excluding hydrogens is 228 g/mol. The lowest BCUT2D eigenvalue weighted by Gasteiger charge is -2.40. The maximum atomic E-state index is 11.2. The van der Waals surface area contributed by atoms with E-state index in [9.17, 15) is 4.79 Å². The van der Waals surface area contributed by atoms with Gasteiger partial charge in [-0.2, -0.15) is 0 Å². The van der Waals surface area contributed by atoms with Gasteiger partial charge in [0, 0.05) is 20.0 Å². The van der Waals surface area contributed by atoms with E-state index in [0.717, 1.165) is 24.7 Å². The van der Waals surface area contributed by atoms with E-state index in [1.165, 1.54) is 12.8 Å². The fraction of sp³-hybridized carbons (Fsp3) is 0.929. The molecule has 1 saturated carbocycles. The van der Waals surface area contributed by atoms with Crippen LogP contribution in [0.1, 0.15) is 46.0 Å². The Morgan fingerprint density at radius 2 is 2.06 bits per heavy atom. The summed E-state index contributed by atoms with van der Waals surface area (Å²) in [6.07, 6.45) is 4.86. The molecule has 1 amide bonds. The highest BCUT2D eigenvalue weighted by atomic mass is 16.5. The van der Waals surface area contributed by atoms with Crippen molar-refractivity contribution in [2.45, 2.75) is 51.6 Å². The number of hydrogen-bond acceptors (Lipinski definition) is 3. The van der Waals surface area contributed by atoms with Crippen LogP contribution in [0.3, 0.4) is 0 Å². The van der Waals surface area contributed by atoms with Gasteiger partial charge in [-0.05, 0) is 37.5 Å². The van der Waals surface area contributed by atoms with E-state index in [1.54, 1.807) is 7.05 Å². The van der Waals surface area contributed by atoms with Crippen LogP contribution in [0.15, 0.2) is 0 Å². The van der Waals surface area contributed by atoms with Gasteiger partial charge in [-0.1, -0.05) is 13.8 Å². The van der Waals surface area contributed by atoms with Crippen molar-refractivity contribution in [1.82, 2.24) is 5.32 Å². The van der Waals surface area contributed by atoms with Gasteiger partial charge >= 0.3 is 0 Å². The number of carbonyl (C=O) groups excluding carboxylic acids is 1. The van der Waals surface area contributed by atoms with Crippen LogP contribution in [-0.4, -0.2) is 31.7 Å². The Labute approximate surface area is 111 Å². The molecular formula is C14H28N2O2. The first-order chi connectivity index (χ1) is 8.53. The largest absolute Gasteiger partial charge is 0.373 e. The average molecular weight is 256 g/mol. The first-order valence-electron chi connectivity index (χ1n) is 7.07. The van der Waals surface area contributed by atoms with Crippen molar-refractivity contribution in [2.24, 2.45) is 17.6 Å². The highest BCUT2D eigenvalue weighted by Crippen LogP contribution is 2.37. The molecule has 0 aromatic carbocycles. The van der Waals surface area contributed by atoms with Crippen LogP contribution in [0.2, 0.25) is 0 Å². The molecule has 1 aliphatic carbocycles. The molecule has 1 aliphatic rings. The number of ether oxygens (including phenoxy) is 1. The third-order valence-corrected chi connectivity index (χ3v) is 4.27. The molecule has 0 aliphatic heterocycles. The van der Waals surface area contributed by atoms with Gasteiger partial charge in [-0.15, -0.1) is 0 Å². The Bertz CT molecular complexity index is 259. The summed E-state index contributed by atoms with van der Waals surface area (Å²) < 4.78 is 5.93. The summed E-state index contributed by atoms with van der Waals surface area (Å²) in [6, 6.07) is 0. The normalized spacial score (nSPS) is 28.4. The minimum absolute atomic E-state index is 0.0260. The van der Waals surface area contributed by atoms with E-state index in [1.807, 2.05) is 0 Å². The summed E-state index contributed by atoms with van der Waals surface area (Å²) >= 11 is 0. The zero-order chi connectivity index (χ0) is 13.6. The Hall–Kier alpha value is -0.610. The van der Waals surface area contributed by atoms with Crippen LogP contribution in [-0.2, 0) is 9.53 Å². The fourth-order valence-corrected chi connectivity index (χ4v) is 2.73. The minimum Gasteiger partial charge on any atom is -0.373 e. The second-order valence-corrected chi connectivity index (χ2v) is 5.74. The summed E-state index contributed by atoms with van der Waals surface area (Å²) in [5.74, 6) is 1.57. The third kappa shape index (κ3) is 4.25. The minimum atomic E-state index is -0.181. The highest BCUT2D eigenvalue weighted by molar-refractivity contribution is 5.75. The summed E-state index contributed by atoms with van der Waals surface area (Å²) in [6.45, 7) is 5.61. The molecule has 0 aromatic heterocycles. The topological polar surface area (TPSA) is 64.3 Å². The molecule has 0 unspecified atom stereocenters. The fourth-order valence-electron chi connectivity index (χ4n) is 2.73. The number of amides is 1. The van der Waals surface area contributed by atoms with Crippen LogP contribution in [0.25, 0.3) is 0 Å². The quantitative estimate of drug-likeness (QED) is 0.760. The van der Waals surface area contributed by atoms with Gasteiger partial charge in [0.2, 0.25) is 5.91 Å². The molecule has 0 radical (unpaired) electrons. The second kappa shape index (κ2) is 7.10. The van der Waals surface area contributed by atoms with Crippen LogP contribution < -0.4 is 11.1 Å². The molecule has 4 nitrogen and oxygen atoms in total. The SMILES string of the molecule is CNC(=O)CCOC1(CN)CCC(C(C)C)CC1. The average Bonchev–Trinajstić information content (AvgIpc) is 2.39. The van der Waals surface area contributed by atoms with Crippen LogP contribution in [0.4, 0.5) is 0 Å². The Morgan fingerprint density at radius 1 is 1.44 bits per heavy atom. The second-order valence-electron chi connectivity index (χ2n) is 5.74. The monoisotopic (exact) mass is 256 g/mol. The molecule has 0 aromatic rings. The maximum Gasteiger partial charge on any atom is 0.222 e. The third-order valence-electron chi connectivity index (χ3n) is 4.27.